The molecule has 0 bridgehead atoms. The van der Waals surface area contributed by atoms with Crippen LogP contribution in [0.4, 0.5) is 0 Å². The molecule has 2 aliphatic rings. The smallest absolute Gasteiger partial charge is 0.167 e. The Hall–Kier alpha value is -1.35. The van der Waals surface area contributed by atoms with Gasteiger partial charge in [-0.3, -0.25) is 0 Å². The van der Waals surface area contributed by atoms with Gasteiger partial charge in [0.05, 0.1) is 10.5 Å². The van der Waals surface area contributed by atoms with Crippen molar-refractivity contribution in [2.24, 2.45) is 0 Å². The molecule has 0 amide bonds. The highest BCUT2D eigenvalue weighted by molar-refractivity contribution is 7.93. The van der Waals surface area contributed by atoms with Crippen molar-refractivity contribution in [2.45, 2.75) is 16.9 Å². The van der Waals surface area contributed by atoms with E-state index in [0.29, 0.717) is 6.42 Å². The van der Waals surface area contributed by atoms with Gasteiger partial charge in [-0.1, -0.05) is 60.8 Å². The van der Waals surface area contributed by atoms with Crippen LogP contribution >= 0.6 is 0 Å². The van der Waals surface area contributed by atoms with E-state index in [1.54, 1.807) is 36.5 Å². The lowest BCUT2D eigenvalue weighted by Crippen LogP contribution is -2.28. The third kappa shape index (κ3) is 2.25. The van der Waals surface area contributed by atoms with Crippen molar-refractivity contribution >= 4 is 9.84 Å². The van der Waals surface area contributed by atoms with Gasteiger partial charge in [-0.2, -0.15) is 0 Å². The Morgan fingerprint density at radius 2 is 1.44 bits per heavy atom. The molecule has 0 spiro atoms. The summed E-state index contributed by atoms with van der Waals surface area (Å²) in [6, 6.07) is 0. The van der Waals surface area contributed by atoms with E-state index in [1.165, 1.54) is 0 Å². The Labute approximate surface area is 96.3 Å². The number of sulfone groups is 1. The van der Waals surface area contributed by atoms with E-state index in [4.69, 9.17) is 0 Å². The summed E-state index contributed by atoms with van der Waals surface area (Å²) in [6.07, 6.45) is 18.6. The molecule has 3 heteroatoms. The van der Waals surface area contributed by atoms with Gasteiger partial charge in [0.2, 0.25) is 0 Å². The first kappa shape index (κ1) is 11.1. The minimum Gasteiger partial charge on any atom is -0.227 e. The quantitative estimate of drug-likeness (QED) is 0.735. The average molecular weight is 234 g/mol. The first-order valence-corrected chi connectivity index (χ1v) is 6.90. The predicted octanol–water partition coefficient (Wildman–Crippen LogP) is 2.34. The van der Waals surface area contributed by atoms with E-state index in [0.717, 1.165) is 0 Å². The van der Waals surface area contributed by atoms with Gasteiger partial charge in [0, 0.05) is 0 Å². The lowest BCUT2D eigenvalue weighted by Gasteiger charge is -2.17. The van der Waals surface area contributed by atoms with Gasteiger partial charge >= 0.3 is 0 Å². The van der Waals surface area contributed by atoms with Gasteiger partial charge in [-0.25, -0.2) is 8.42 Å². The molecule has 0 radical (unpaired) electrons. The maximum absolute atomic E-state index is 12.3. The first-order valence-electron chi connectivity index (χ1n) is 5.29. The normalized spacial score (nSPS) is 24.9. The first-order chi connectivity index (χ1) is 7.71. The Kier molecular flexibility index (Phi) is 3.25. The molecule has 84 valence electrons. The van der Waals surface area contributed by atoms with Gasteiger partial charge in [0.1, 0.15) is 0 Å². The van der Waals surface area contributed by atoms with E-state index in [1.807, 2.05) is 24.3 Å². The molecule has 0 saturated carbocycles. The molecule has 0 aliphatic heterocycles. The molecule has 0 aromatic rings. The van der Waals surface area contributed by atoms with Gasteiger partial charge in [-0.05, 0) is 6.42 Å². The van der Waals surface area contributed by atoms with Crippen molar-refractivity contribution < 1.29 is 8.42 Å². The largest absolute Gasteiger partial charge is 0.227 e. The van der Waals surface area contributed by atoms with E-state index >= 15 is 0 Å². The molecular weight excluding hydrogens is 220 g/mol. The van der Waals surface area contributed by atoms with Gasteiger partial charge in [0.25, 0.3) is 0 Å². The van der Waals surface area contributed by atoms with Crippen molar-refractivity contribution in [1.82, 2.24) is 0 Å². The summed E-state index contributed by atoms with van der Waals surface area (Å²) in [5.74, 6) is 0. The Balaban J connectivity index is 2.25. The molecule has 0 aromatic carbocycles. The topological polar surface area (TPSA) is 34.1 Å². The van der Waals surface area contributed by atoms with Crippen LogP contribution in [0.3, 0.4) is 0 Å². The summed E-state index contributed by atoms with van der Waals surface area (Å²) < 4.78 is 24.6. The second-order valence-electron chi connectivity index (χ2n) is 3.80. The zero-order valence-corrected chi connectivity index (χ0v) is 9.68. The molecule has 0 fully saturated rings. The highest BCUT2D eigenvalue weighted by Gasteiger charge is 2.29. The number of allylic oxidation sites excluding steroid dienone is 7. The lowest BCUT2D eigenvalue weighted by atomic mass is 10.2. The van der Waals surface area contributed by atoms with E-state index in [-0.39, 0.29) is 0 Å². The minimum atomic E-state index is -3.16. The molecule has 2 nitrogen and oxygen atoms in total. The van der Waals surface area contributed by atoms with E-state index in [2.05, 4.69) is 0 Å². The summed E-state index contributed by atoms with van der Waals surface area (Å²) in [6.45, 7) is 0. The number of hydrogen-bond acceptors (Lipinski definition) is 2. The standard InChI is InChI=1S/C13H14O2S/c14-16(15,13-10-6-3-7-11-13)12-8-4-1-2-5-9-12/h1-10,12-13H,11H2. The number of rotatable bonds is 2. The second kappa shape index (κ2) is 4.66. The van der Waals surface area contributed by atoms with Crippen molar-refractivity contribution in [1.29, 1.82) is 0 Å². The third-order valence-corrected chi connectivity index (χ3v) is 4.94. The van der Waals surface area contributed by atoms with E-state index in [9.17, 15) is 8.42 Å². The van der Waals surface area contributed by atoms with Crippen molar-refractivity contribution in [3.05, 3.63) is 60.8 Å². The van der Waals surface area contributed by atoms with Crippen LogP contribution < -0.4 is 0 Å². The van der Waals surface area contributed by atoms with Crippen LogP contribution in [-0.2, 0) is 9.84 Å². The minimum absolute atomic E-state index is 0.394. The van der Waals surface area contributed by atoms with Gasteiger partial charge < -0.3 is 0 Å². The maximum Gasteiger partial charge on any atom is 0.167 e. The molecule has 2 aliphatic carbocycles. The van der Waals surface area contributed by atoms with Crippen LogP contribution in [0, 0.1) is 0 Å². The fourth-order valence-corrected chi connectivity index (χ4v) is 3.47. The highest BCUT2D eigenvalue weighted by Crippen LogP contribution is 2.20. The van der Waals surface area contributed by atoms with Crippen LogP contribution in [0.25, 0.3) is 0 Å². The molecule has 0 saturated heterocycles. The maximum atomic E-state index is 12.3. The lowest BCUT2D eigenvalue weighted by molar-refractivity contribution is 0.586. The highest BCUT2D eigenvalue weighted by atomic mass is 32.2. The average Bonchev–Trinajstić information content (AvgIpc) is 2.59. The molecule has 16 heavy (non-hydrogen) atoms. The van der Waals surface area contributed by atoms with Crippen LogP contribution in [0.5, 0.6) is 0 Å². The second-order valence-corrected chi connectivity index (χ2v) is 6.12. The van der Waals surface area contributed by atoms with Crippen LogP contribution in [-0.4, -0.2) is 18.9 Å². The summed E-state index contributed by atoms with van der Waals surface area (Å²) >= 11 is 0. The Bertz CT molecular complexity index is 474. The zero-order valence-electron chi connectivity index (χ0n) is 8.86. The van der Waals surface area contributed by atoms with Crippen molar-refractivity contribution in [3.8, 4) is 0 Å². The van der Waals surface area contributed by atoms with Gasteiger partial charge in [0.15, 0.2) is 9.84 Å². The van der Waals surface area contributed by atoms with Crippen LogP contribution in [0.2, 0.25) is 0 Å². The summed E-state index contributed by atoms with van der Waals surface area (Å²) in [7, 11) is -3.16. The van der Waals surface area contributed by atoms with Crippen LogP contribution in [0.1, 0.15) is 6.42 Å². The van der Waals surface area contributed by atoms with Crippen molar-refractivity contribution in [2.75, 3.05) is 0 Å². The molecule has 0 heterocycles. The van der Waals surface area contributed by atoms with Crippen molar-refractivity contribution in [3.63, 3.8) is 0 Å². The summed E-state index contributed by atoms with van der Waals surface area (Å²) in [5, 5.41) is -0.904. The molecule has 1 atom stereocenters. The summed E-state index contributed by atoms with van der Waals surface area (Å²) in [5.41, 5.74) is 0. The number of hydrogen-bond donors (Lipinski definition) is 0. The monoisotopic (exact) mass is 234 g/mol. The van der Waals surface area contributed by atoms with Gasteiger partial charge in [-0.15, -0.1) is 0 Å². The fraction of sp³-hybridized carbons (Fsp3) is 0.231. The zero-order chi connectivity index (χ0) is 11.4. The van der Waals surface area contributed by atoms with E-state index < -0.39 is 20.3 Å². The van der Waals surface area contributed by atoms with Crippen LogP contribution in [0.15, 0.2) is 60.8 Å². The SMILES string of the molecule is O=S(=O)(C1C=CC=CC=C1)C1C=CC=CC1. The third-order valence-electron chi connectivity index (χ3n) is 2.68. The molecule has 0 N–H and O–H groups in total. The molecule has 2 rings (SSSR count). The molecular formula is C13H14O2S. The molecule has 0 aromatic heterocycles. The predicted molar refractivity (Wildman–Crippen MR) is 66.8 cm³/mol. The summed E-state index contributed by atoms with van der Waals surface area (Å²) in [4.78, 5) is 0. The fourth-order valence-electron chi connectivity index (χ4n) is 1.76. The molecule has 1 unspecified atom stereocenters. The Morgan fingerprint density at radius 3 is 2.00 bits per heavy atom. The Morgan fingerprint density at radius 1 is 0.812 bits per heavy atom.